The summed E-state index contributed by atoms with van der Waals surface area (Å²) in [4.78, 5) is 30.2. The highest BCUT2D eigenvalue weighted by Crippen LogP contribution is 2.33. The number of benzene rings is 3. The van der Waals surface area contributed by atoms with E-state index in [4.69, 9.17) is 9.15 Å². The number of allylic oxidation sites excluding steroid dienone is 1. The van der Waals surface area contributed by atoms with Crippen LogP contribution in [0.4, 0.5) is 11.7 Å². The number of ketones is 1. The second kappa shape index (κ2) is 11.0. The van der Waals surface area contributed by atoms with Gasteiger partial charge in [-0.15, -0.1) is 0 Å². The first kappa shape index (κ1) is 25.4. The molecule has 7 nitrogen and oxygen atoms in total. The van der Waals surface area contributed by atoms with Crippen LogP contribution in [0.15, 0.2) is 71.2 Å². The topological polar surface area (TPSA) is 93.5 Å². The summed E-state index contributed by atoms with van der Waals surface area (Å²) in [6.07, 6.45) is 2.55. The average molecular weight is 510 g/mol. The van der Waals surface area contributed by atoms with Crippen LogP contribution in [-0.4, -0.2) is 29.9 Å². The highest BCUT2D eigenvalue weighted by molar-refractivity contribution is 5.94. The van der Waals surface area contributed by atoms with Crippen LogP contribution in [0.1, 0.15) is 47.7 Å². The fourth-order valence-electron chi connectivity index (χ4n) is 4.95. The lowest BCUT2D eigenvalue weighted by Crippen LogP contribution is -2.36. The number of Topliss-reactive ketones (excluding diaryl/α,β-unsaturated/α-hetero) is 1. The maximum Gasteiger partial charge on any atom is 0.331 e. The van der Waals surface area contributed by atoms with Crippen LogP contribution in [-0.2, 0) is 27.2 Å². The first-order valence-corrected chi connectivity index (χ1v) is 12.9. The predicted octanol–water partition coefficient (Wildman–Crippen LogP) is 5.84. The largest absolute Gasteiger partial charge is 0.463 e. The molecule has 5 rings (SSSR count). The number of carbonyl (C=O) groups excluding carboxylic acids is 2. The van der Waals surface area contributed by atoms with Crippen molar-refractivity contribution in [3.05, 3.63) is 94.6 Å². The van der Waals surface area contributed by atoms with Gasteiger partial charge in [0.2, 0.25) is 0 Å². The van der Waals surface area contributed by atoms with E-state index in [-0.39, 0.29) is 18.2 Å². The van der Waals surface area contributed by atoms with Gasteiger partial charge in [0.15, 0.2) is 11.4 Å². The number of anilines is 2. The van der Waals surface area contributed by atoms with Crippen molar-refractivity contribution in [3.8, 4) is 0 Å². The Morgan fingerprint density at radius 1 is 1.16 bits per heavy atom. The number of para-hydroxylation sites is 1. The van der Waals surface area contributed by atoms with Crippen molar-refractivity contribution in [3.63, 3.8) is 0 Å². The Morgan fingerprint density at radius 2 is 2.00 bits per heavy atom. The lowest BCUT2D eigenvalue weighted by Gasteiger charge is -2.29. The Morgan fingerprint density at radius 3 is 2.82 bits per heavy atom. The van der Waals surface area contributed by atoms with Crippen molar-refractivity contribution < 1.29 is 18.7 Å². The summed E-state index contributed by atoms with van der Waals surface area (Å²) in [6.45, 7) is 6.70. The van der Waals surface area contributed by atoms with Crippen LogP contribution in [0, 0.1) is 6.92 Å². The van der Waals surface area contributed by atoms with Crippen LogP contribution in [0.3, 0.4) is 0 Å². The van der Waals surface area contributed by atoms with Crippen LogP contribution in [0.25, 0.3) is 16.7 Å². The van der Waals surface area contributed by atoms with E-state index in [1.54, 1.807) is 6.92 Å². The Kier molecular flexibility index (Phi) is 7.38. The molecule has 2 N–H and O–H groups in total. The van der Waals surface area contributed by atoms with E-state index >= 15 is 0 Å². The lowest BCUT2D eigenvalue weighted by molar-refractivity contribution is -0.137. The average Bonchev–Trinajstić information content (AvgIpc) is 3.31. The fourth-order valence-corrected chi connectivity index (χ4v) is 4.95. The van der Waals surface area contributed by atoms with Crippen molar-refractivity contribution in [2.24, 2.45) is 0 Å². The van der Waals surface area contributed by atoms with Gasteiger partial charge in [0.25, 0.3) is 6.01 Å². The van der Waals surface area contributed by atoms with Crippen molar-refractivity contribution in [1.29, 1.82) is 0 Å². The second-order valence-corrected chi connectivity index (χ2v) is 9.50. The summed E-state index contributed by atoms with van der Waals surface area (Å²) in [6, 6.07) is 19.5. The Hall–Kier alpha value is -4.23. The number of hydrogen-bond donors (Lipinski definition) is 2. The zero-order chi connectivity index (χ0) is 26.6. The molecule has 0 aliphatic carbocycles. The van der Waals surface area contributed by atoms with Crippen LogP contribution >= 0.6 is 0 Å². The van der Waals surface area contributed by atoms with Crippen LogP contribution in [0.5, 0.6) is 0 Å². The fraction of sp³-hybridized carbons (Fsp3) is 0.258. The van der Waals surface area contributed by atoms with Gasteiger partial charge in [0, 0.05) is 24.7 Å². The van der Waals surface area contributed by atoms with E-state index < -0.39 is 6.04 Å². The minimum absolute atomic E-state index is 0.0551. The quantitative estimate of drug-likeness (QED) is 0.227. The molecule has 0 amide bonds. The minimum Gasteiger partial charge on any atom is -0.463 e. The zero-order valence-corrected chi connectivity index (χ0v) is 21.8. The Labute approximate surface area is 221 Å². The van der Waals surface area contributed by atoms with Crippen molar-refractivity contribution in [2.45, 2.75) is 39.7 Å². The maximum absolute atomic E-state index is 13.6. The number of carbonyl (C=O) groups is 2. The standard InChI is InChI=1S/C31H31N3O4/c1-4-37-28(36)16-20(3)23-10-7-9-22-14-15-32-30(29(22)23)26(35)17-21-12-13-25-27(18-21)38-31(34-25)33-24-11-6-5-8-19(24)2/h5-13,16,18,30,32H,4,14-15,17H2,1-3H3,(H,33,34)/b20-16-. The molecule has 3 aromatic carbocycles. The Balaban J connectivity index is 1.38. The van der Waals surface area contributed by atoms with Gasteiger partial charge in [-0.05, 0) is 78.8 Å². The number of nitrogens with one attached hydrogen (secondary N) is 2. The summed E-state index contributed by atoms with van der Waals surface area (Å²) in [5.74, 6) is -0.328. The number of esters is 1. The first-order valence-electron chi connectivity index (χ1n) is 12.9. The predicted molar refractivity (Wildman–Crippen MR) is 148 cm³/mol. The van der Waals surface area contributed by atoms with Crippen molar-refractivity contribution in [2.75, 3.05) is 18.5 Å². The summed E-state index contributed by atoms with van der Waals surface area (Å²) >= 11 is 0. The van der Waals surface area contributed by atoms with E-state index in [0.29, 0.717) is 24.7 Å². The summed E-state index contributed by atoms with van der Waals surface area (Å²) < 4.78 is 11.0. The van der Waals surface area contributed by atoms with Gasteiger partial charge in [-0.25, -0.2) is 4.79 Å². The summed E-state index contributed by atoms with van der Waals surface area (Å²) in [5.41, 5.74) is 7.94. The number of ether oxygens (including phenoxy) is 1. The molecule has 7 heteroatoms. The third-order valence-corrected chi connectivity index (χ3v) is 6.81. The van der Waals surface area contributed by atoms with Gasteiger partial charge >= 0.3 is 5.97 Å². The third kappa shape index (κ3) is 5.38. The molecule has 1 atom stereocenters. The molecule has 1 aromatic heterocycles. The molecule has 1 aliphatic heterocycles. The van der Waals surface area contributed by atoms with E-state index in [1.807, 2.05) is 68.4 Å². The number of aryl methyl sites for hydroxylation is 1. The molecule has 4 aromatic rings. The van der Waals surface area contributed by atoms with Gasteiger partial charge in [0.1, 0.15) is 5.52 Å². The van der Waals surface area contributed by atoms with Crippen molar-refractivity contribution in [1.82, 2.24) is 10.3 Å². The monoisotopic (exact) mass is 509 g/mol. The first-order chi connectivity index (χ1) is 18.4. The lowest BCUT2D eigenvalue weighted by atomic mass is 9.84. The second-order valence-electron chi connectivity index (χ2n) is 9.50. The normalized spacial score (nSPS) is 15.2. The van der Waals surface area contributed by atoms with Gasteiger partial charge in [-0.2, -0.15) is 4.98 Å². The van der Waals surface area contributed by atoms with Crippen molar-refractivity contribution >= 4 is 40.1 Å². The number of rotatable bonds is 8. The molecular formula is C31H31N3O4. The molecule has 0 saturated carbocycles. The van der Waals surface area contributed by atoms with E-state index in [9.17, 15) is 9.59 Å². The SMILES string of the molecule is CCOC(=O)/C=C(/C)c1cccc2c1C(C(=O)Cc1ccc3nc(Nc4ccccc4C)oc3c1)NCC2. The number of hydrogen-bond acceptors (Lipinski definition) is 7. The molecule has 0 fully saturated rings. The molecule has 1 unspecified atom stereocenters. The van der Waals surface area contributed by atoms with Gasteiger partial charge in [-0.3, -0.25) is 4.79 Å². The highest BCUT2D eigenvalue weighted by Gasteiger charge is 2.29. The van der Waals surface area contributed by atoms with Crippen LogP contribution < -0.4 is 10.6 Å². The smallest absolute Gasteiger partial charge is 0.331 e. The number of aromatic nitrogens is 1. The Bertz CT molecular complexity index is 1540. The highest BCUT2D eigenvalue weighted by atomic mass is 16.5. The molecule has 1 aliphatic rings. The maximum atomic E-state index is 13.6. The molecule has 0 saturated heterocycles. The van der Waals surface area contributed by atoms with Gasteiger partial charge in [0.05, 0.1) is 12.6 Å². The molecule has 194 valence electrons. The minimum atomic E-state index is -0.468. The molecule has 38 heavy (non-hydrogen) atoms. The molecule has 0 radical (unpaired) electrons. The molecule has 2 heterocycles. The van der Waals surface area contributed by atoms with E-state index in [1.165, 1.54) is 6.08 Å². The molecular weight excluding hydrogens is 478 g/mol. The van der Waals surface area contributed by atoms with Gasteiger partial charge in [-0.1, -0.05) is 42.5 Å². The summed E-state index contributed by atoms with van der Waals surface area (Å²) in [7, 11) is 0. The molecule has 0 bridgehead atoms. The zero-order valence-electron chi connectivity index (χ0n) is 21.8. The summed E-state index contributed by atoms with van der Waals surface area (Å²) in [5, 5.41) is 6.63. The van der Waals surface area contributed by atoms with Crippen LogP contribution in [0.2, 0.25) is 0 Å². The van der Waals surface area contributed by atoms with E-state index in [2.05, 4.69) is 21.7 Å². The number of fused-ring (bicyclic) bond motifs is 2. The number of oxazole rings is 1. The molecule has 0 spiro atoms. The van der Waals surface area contributed by atoms with E-state index in [0.717, 1.165) is 51.0 Å². The number of nitrogens with zero attached hydrogens (tertiary/aromatic N) is 1. The van der Waals surface area contributed by atoms with Gasteiger partial charge < -0.3 is 19.8 Å². The third-order valence-electron chi connectivity index (χ3n) is 6.81.